The first-order chi connectivity index (χ1) is 9.20. The zero-order valence-electron chi connectivity index (χ0n) is 12.7. The van der Waals surface area contributed by atoms with Crippen LogP contribution in [0.15, 0.2) is 24.3 Å². The van der Waals surface area contributed by atoms with E-state index in [1.807, 2.05) is 0 Å². The van der Waals surface area contributed by atoms with Gasteiger partial charge in [0, 0.05) is 6.04 Å². The molecule has 1 aromatic rings. The Hall–Kier alpha value is -0.860. The number of aryl methyl sites for hydroxylation is 1. The Kier molecular flexibility index (Phi) is 5.41. The Balaban J connectivity index is 2.05. The third kappa shape index (κ3) is 4.05. The first kappa shape index (κ1) is 14.5. The van der Waals surface area contributed by atoms with Crippen molar-refractivity contribution in [2.24, 2.45) is 5.92 Å². The molecule has 1 N–H and O–H groups in total. The number of benzene rings is 1. The van der Waals surface area contributed by atoms with Crippen LogP contribution in [0.4, 0.5) is 0 Å². The van der Waals surface area contributed by atoms with Crippen LogP contribution in [0.5, 0.6) is 0 Å². The second kappa shape index (κ2) is 7.06. The summed E-state index contributed by atoms with van der Waals surface area (Å²) in [5.74, 6) is 0.875. The van der Waals surface area contributed by atoms with Crippen molar-refractivity contribution >= 4 is 0 Å². The maximum absolute atomic E-state index is 3.46. The standard InChI is InChI=1S/C17H28N2/c1-4-14-5-7-16(8-6-14)17(19(2)3)13-15-9-11-18-12-10-15/h5-8,15,17-18H,4,9-13H2,1-3H3. The van der Waals surface area contributed by atoms with Crippen LogP contribution in [0, 0.1) is 5.92 Å². The van der Waals surface area contributed by atoms with Crippen molar-refractivity contribution < 1.29 is 0 Å². The van der Waals surface area contributed by atoms with Gasteiger partial charge in [0.2, 0.25) is 0 Å². The Morgan fingerprint density at radius 3 is 2.32 bits per heavy atom. The fourth-order valence-corrected chi connectivity index (χ4v) is 3.05. The monoisotopic (exact) mass is 260 g/mol. The van der Waals surface area contributed by atoms with Crippen LogP contribution in [-0.4, -0.2) is 32.1 Å². The summed E-state index contributed by atoms with van der Waals surface area (Å²) in [6.45, 7) is 4.60. The van der Waals surface area contributed by atoms with Gasteiger partial charge < -0.3 is 10.2 Å². The molecule has 1 aromatic carbocycles. The second-order valence-electron chi connectivity index (χ2n) is 6.00. The molecule has 1 unspecified atom stereocenters. The van der Waals surface area contributed by atoms with Crippen LogP contribution in [0.3, 0.4) is 0 Å². The average Bonchev–Trinajstić information content (AvgIpc) is 2.46. The highest BCUT2D eigenvalue weighted by atomic mass is 15.1. The van der Waals surface area contributed by atoms with Crippen molar-refractivity contribution in [1.29, 1.82) is 0 Å². The largest absolute Gasteiger partial charge is 0.317 e. The van der Waals surface area contributed by atoms with Crippen LogP contribution < -0.4 is 5.32 Å². The van der Waals surface area contributed by atoms with Gasteiger partial charge in [0.05, 0.1) is 0 Å². The number of hydrogen-bond acceptors (Lipinski definition) is 2. The molecule has 19 heavy (non-hydrogen) atoms. The zero-order valence-corrected chi connectivity index (χ0v) is 12.7. The second-order valence-corrected chi connectivity index (χ2v) is 6.00. The third-order valence-corrected chi connectivity index (χ3v) is 4.41. The summed E-state index contributed by atoms with van der Waals surface area (Å²) in [5.41, 5.74) is 2.91. The molecule has 2 rings (SSSR count). The van der Waals surface area contributed by atoms with Crippen molar-refractivity contribution in [2.75, 3.05) is 27.2 Å². The highest BCUT2D eigenvalue weighted by Crippen LogP contribution is 2.30. The molecule has 2 heteroatoms. The SMILES string of the molecule is CCc1ccc(C(CC2CCNCC2)N(C)C)cc1. The van der Waals surface area contributed by atoms with Gasteiger partial charge in [0.25, 0.3) is 0 Å². The van der Waals surface area contributed by atoms with E-state index in [0.717, 1.165) is 12.3 Å². The molecule has 1 saturated heterocycles. The normalized spacial score (nSPS) is 18.7. The molecule has 1 aliphatic rings. The minimum Gasteiger partial charge on any atom is -0.317 e. The van der Waals surface area contributed by atoms with E-state index in [0.29, 0.717) is 6.04 Å². The number of rotatable bonds is 5. The zero-order chi connectivity index (χ0) is 13.7. The Morgan fingerprint density at radius 2 is 1.79 bits per heavy atom. The van der Waals surface area contributed by atoms with Crippen molar-refractivity contribution in [3.05, 3.63) is 35.4 Å². The van der Waals surface area contributed by atoms with E-state index in [1.165, 1.54) is 43.5 Å². The van der Waals surface area contributed by atoms with E-state index >= 15 is 0 Å². The average molecular weight is 260 g/mol. The lowest BCUT2D eigenvalue weighted by atomic mass is 9.87. The van der Waals surface area contributed by atoms with E-state index in [9.17, 15) is 0 Å². The van der Waals surface area contributed by atoms with Crippen molar-refractivity contribution in [2.45, 2.75) is 38.6 Å². The van der Waals surface area contributed by atoms with E-state index in [1.54, 1.807) is 0 Å². The highest BCUT2D eigenvalue weighted by molar-refractivity contribution is 5.25. The summed E-state index contributed by atoms with van der Waals surface area (Å²) in [7, 11) is 4.42. The van der Waals surface area contributed by atoms with E-state index < -0.39 is 0 Å². The molecule has 0 radical (unpaired) electrons. The summed E-state index contributed by atoms with van der Waals surface area (Å²) in [5, 5.41) is 3.46. The van der Waals surface area contributed by atoms with Crippen molar-refractivity contribution in [3.8, 4) is 0 Å². The molecule has 1 fully saturated rings. The minimum atomic E-state index is 0.564. The van der Waals surface area contributed by atoms with Crippen LogP contribution in [0.25, 0.3) is 0 Å². The maximum Gasteiger partial charge on any atom is 0.0344 e. The van der Waals surface area contributed by atoms with E-state index in [-0.39, 0.29) is 0 Å². The molecule has 2 nitrogen and oxygen atoms in total. The molecule has 0 amide bonds. The molecule has 1 heterocycles. The number of hydrogen-bond donors (Lipinski definition) is 1. The van der Waals surface area contributed by atoms with Gasteiger partial charge in [0.1, 0.15) is 0 Å². The van der Waals surface area contributed by atoms with Crippen molar-refractivity contribution in [1.82, 2.24) is 10.2 Å². The smallest absolute Gasteiger partial charge is 0.0344 e. The number of piperidine rings is 1. The summed E-state index contributed by atoms with van der Waals surface area (Å²) in [6.07, 6.45) is 5.08. The molecule has 1 aliphatic heterocycles. The maximum atomic E-state index is 3.46. The topological polar surface area (TPSA) is 15.3 Å². The first-order valence-corrected chi connectivity index (χ1v) is 7.66. The summed E-state index contributed by atoms with van der Waals surface area (Å²) >= 11 is 0. The lowest BCUT2D eigenvalue weighted by Crippen LogP contribution is -2.31. The third-order valence-electron chi connectivity index (χ3n) is 4.41. The Labute approximate surface area is 118 Å². The molecule has 0 saturated carbocycles. The molecule has 106 valence electrons. The van der Waals surface area contributed by atoms with Crippen LogP contribution in [0.1, 0.15) is 43.4 Å². The molecular weight excluding hydrogens is 232 g/mol. The van der Waals surface area contributed by atoms with E-state index in [2.05, 4.69) is 55.5 Å². The van der Waals surface area contributed by atoms with Gasteiger partial charge in [-0.3, -0.25) is 0 Å². The summed E-state index contributed by atoms with van der Waals surface area (Å²) in [6, 6.07) is 9.78. The van der Waals surface area contributed by atoms with Gasteiger partial charge in [-0.05, 0) is 69.9 Å². The quantitative estimate of drug-likeness (QED) is 0.874. The lowest BCUT2D eigenvalue weighted by Gasteiger charge is -2.31. The lowest BCUT2D eigenvalue weighted by molar-refractivity contribution is 0.223. The molecule has 0 aromatic heterocycles. The van der Waals surface area contributed by atoms with Gasteiger partial charge in [0.15, 0.2) is 0 Å². The fourth-order valence-electron chi connectivity index (χ4n) is 3.05. The van der Waals surface area contributed by atoms with Crippen LogP contribution >= 0.6 is 0 Å². The summed E-state index contributed by atoms with van der Waals surface area (Å²) < 4.78 is 0. The Bertz CT molecular complexity index is 363. The van der Waals surface area contributed by atoms with Crippen LogP contribution in [0.2, 0.25) is 0 Å². The number of nitrogens with one attached hydrogen (secondary N) is 1. The molecule has 0 spiro atoms. The van der Waals surface area contributed by atoms with Gasteiger partial charge in [-0.1, -0.05) is 31.2 Å². The predicted molar refractivity (Wildman–Crippen MR) is 82.5 cm³/mol. The van der Waals surface area contributed by atoms with E-state index in [4.69, 9.17) is 0 Å². The van der Waals surface area contributed by atoms with Gasteiger partial charge in [-0.25, -0.2) is 0 Å². The molecular formula is C17H28N2. The summed E-state index contributed by atoms with van der Waals surface area (Å²) in [4.78, 5) is 2.38. The van der Waals surface area contributed by atoms with Gasteiger partial charge in [-0.15, -0.1) is 0 Å². The first-order valence-electron chi connectivity index (χ1n) is 7.66. The molecule has 0 bridgehead atoms. The number of nitrogens with zero attached hydrogens (tertiary/aromatic N) is 1. The van der Waals surface area contributed by atoms with Gasteiger partial charge >= 0.3 is 0 Å². The van der Waals surface area contributed by atoms with Crippen molar-refractivity contribution in [3.63, 3.8) is 0 Å². The minimum absolute atomic E-state index is 0.564. The van der Waals surface area contributed by atoms with Crippen LogP contribution in [-0.2, 0) is 6.42 Å². The molecule has 1 atom stereocenters. The highest BCUT2D eigenvalue weighted by Gasteiger charge is 2.21. The fraction of sp³-hybridized carbons (Fsp3) is 0.647. The molecule has 0 aliphatic carbocycles. The van der Waals surface area contributed by atoms with Gasteiger partial charge in [-0.2, -0.15) is 0 Å². The predicted octanol–water partition coefficient (Wildman–Crippen LogP) is 3.24. The Morgan fingerprint density at radius 1 is 1.16 bits per heavy atom.